The van der Waals surface area contributed by atoms with Crippen LogP contribution in [-0.2, 0) is 5.41 Å². The number of hydrogen-bond donors (Lipinski definition) is 1. The molecule has 0 bridgehead atoms. The zero-order chi connectivity index (χ0) is 9.19. The SMILES string of the molecule is CC(C)(CN)c1ccc(F)cn1.Cl.Cl. The van der Waals surface area contributed by atoms with E-state index in [1.807, 2.05) is 13.8 Å². The van der Waals surface area contributed by atoms with Crippen LogP contribution in [0, 0.1) is 5.82 Å². The number of pyridine rings is 1. The largest absolute Gasteiger partial charge is 0.330 e. The van der Waals surface area contributed by atoms with E-state index in [2.05, 4.69) is 4.98 Å². The third kappa shape index (κ3) is 3.78. The van der Waals surface area contributed by atoms with Crippen LogP contribution in [0.4, 0.5) is 4.39 Å². The van der Waals surface area contributed by atoms with Crippen LogP contribution in [0.3, 0.4) is 0 Å². The Morgan fingerprint density at radius 3 is 2.29 bits per heavy atom. The van der Waals surface area contributed by atoms with E-state index in [1.165, 1.54) is 12.3 Å². The van der Waals surface area contributed by atoms with Crippen LogP contribution in [0.5, 0.6) is 0 Å². The van der Waals surface area contributed by atoms with Gasteiger partial charge in [0.15, 0.2) is 0 Å². The van der Waals surface area contributed by atoms with Gasteiger partial charge in [0.05, 0.1) is 6.20 Å². The molecule has 5 heteroatoms. The van der Waals surface area contributed by atoms with E-state index in [0.717, 1.165) is 5.69 Å². The molecule has 2 N–H and O–H groups in total. The molecule has 0 spiro atoms. The summed E-state index contributed by atoms with van der Waals surface area (Å²) in [5.74, 6) is -0.313. The summed E-state index contributed by atoms with van der Waals surface area (Å²) in [6.07, 6.45) is 1.22. The van der Waals surface area contributed by atoms with Crippen LogP contribution >= 0.6 is 24.8 Å². The second-order valence-electron chi connectivity index (χ2n) is 3.45. The highest BCUT2D eigenvalue weighted by Crippen LogP contribution is 2.18. The number of nitrogens with zero attached hydrogens (tertiary/aromatic N) is 1. The van der Waals surface area contributed by atoms with Crippen molar-refractivity contribution in [3.05, 3.63) is 29.8 Å². The smallest absolute Gasteiger partial charge is 0.141 e. The van der Waals surface area contributed by atoms with Gasteiger partial charge >= 0.3 is 0 Å². The Balaban J connectivity index is 0. The van der Waals surface area contributed by atoms with E-state index < -0.39 is 0 Å². The second kappa shape index (κ2) is 6.17. The van der Waals surface area contributed by atoms with Crippen LogP contribution in [0.25, 0.3) is 0 Å². The lowest BCUT2D eigenvalue weighted by Crippen LogP contribution is -2.29. The molecule has 1 aromatic heterocycles. The minimum atomic E-state index is -0.313. The summed E-state index contributed by atoms with van der Waals surface area (Å²) in [7, 11) is 0. The van der Waals surface area contributed by atoms with Gasteiger partial charge in [0.2, 0.25) is 0 Å². The number of aromatic nitrogens is 1. The van der Waals surface area contributed by atoms with Crippen LogP contribution in [0.15, 0.2) is 18.3 Å². The lowest BCUT2D eigenvalue weighted by atomic mass is 9.89. The summed E-state index contributed by atoms with van der Waals surface area (Å²) >= 11 is 0. The van der Waals surface area contributed by atoms with Crippen LogP contribution < -0.4 is 5.73 Å². The zero-order valence-electron chi connectivity index (χ0n) is 8.16. The molecule has 1 heterocycles. The van der Waals surface area contributed by atoms with Crippen molar-refractivity contribution in [3.8, 4) is 0 Å². The molecular weight excluding hydrogens is 226 g/mol. The predicted molar refractivity (Wildman–Crippen MR) is 60.8 cm³/mol. The quantitative estimate of drug-likeness (QED) is 0.862. The Morgan fingerprint density at radius 1 is 1.36 bits per heavy atom. The van der Waals surface area contributed by atoms with Crippen molar-refractivity contribution in [2.45, 2.75) is 19.3 Å². The number of halogens is 3. The van der Waals surface area contributed by atoms with Crippen LogP contribution in [-0.4, -0.2) is 11.5 Å². The van der Waals surface area contributed by atoms with E-state index in [-0.39, 0.29) is 36.0 Å². The van der Waals surface area contributed by atoms with E-state index in [9.17, 15) is 4.39 Å². The summed E-state index contributed by atoms with van der Waals surface area (Å²) in [6.45, 7) is 4.46. The summed E-state index contributed by atoms with van der Waals surface area (Å²) in [4.78, 5) is 3.97. The first-order valence-corrected chi connectivity index (χ1v) is 3.88. The molecule has 1 rings (SSSR count). The minimum absolute atomic E-state index is 0. The molecule has 2 nitrogen and oxygen atoms in total. The molecule has 0 aliphatic rings. The first-order chi connectivity index (χ1) is 5.56. The fourth-order valence-electron chi connectivity index (χ4n) is 0.881. The monoisotopic (exact) mass is 240 g/mol. The Kier molecular flexibility index (Phi) is 7.08. The molecule has 0 saturated carbocycles. The third-order valence-corrected chi connectivity index (χ3v) is 1.93. The highest BCUT2D eigenvalue weighted by Gasteiger charge is 2.19. The van der Waals surface area contributed by atoms with Gasteiger partial charge in [-0.2, -0.15) is 0 Å². The molecule has 0 atom stereocenters. The molecule has 0 aliphatic heterocycles. The van der Waals surface area contributed by atoms with Crippen molar-refractivity contribution >= 4 is 24.8 Å². The molecular formula is C9H15Cl2FN2. The summed E-state index contributed by atoms with van der Waals surface area (Å²) in [6, 6.07) is 3.07. The van der Waals surface area contributed by atoms with E-state index >= 15 is 0 Å². The van der Waals surface area contributed by atoms with E-state index in [0.29, 0.717) is 6.54 Å². The lowest BCUT2D eigenvalue weighted by Gasteiger charge is -2.21. The Labute approximate surface area is 95.9 Å². The molecule has 82 valence electrons. The third-order valence-electron chi connectivity index (χ3n) is 1.93. The molecule has 14 heavy (non-hydrogen) atoms. The normalized spacial score (nSPS) is 10.0. The minimum Gasteiger partial charge on any atom is -0.330 e. The average Bonchev–Trinajstić information content (AvgIpc) is 2.05. The molecule has 0 unspecified atom stereocenters. The predicted octanol–water partition coefficient (Wildman–Crippen LogP) is 2.30. The molecule has 0 fully saturated rings. The Bertz CT molecular complexity index is 262. The van der Waals surface area contributed by atoms with Crippen LogP contribution in [0.1, 0.15) is 19.5 Å². The van der Waals surface area contributed by atoms with Crippen molar-refractivity contribution in [2.24, 2.45) is 5.73 Å². The highest BCUT2D eigenvalue weighted by atomic mass is 35.5. The van der Waals surface area contributed by atoms with Crippen molar-refractivity contribution in [3.63, 3.8) is 0 Å². The maximum Gasteiger partial charge on any atom is 0.141 e. The zero-order valence-corrected chi connectivity index (χ0v) is 9.79. The summed E-state index contributed by atoms with van der Waals surface area (Å²) < 4.78 is 12.5. The molecule has 0 amide bonds. The van der Waals surface area contributed by atoms with Gasteiger partial charge in [-0.1, -0.05) is 13.8 Å². The van der Waals surface area contributed by atoms with Gasteiger partial charge in [-0.25, -0.2) is 4.39 Å². The Hall–Kier alpha value is -0.380. The highest BCUT2D eigenvalue weighted by molar-refractivity contribution is 5.85. The number of nitrogens with two attached hydrogens (primary N) is 1. The first kappa shape index (κ1) is 16.1. The van der Waals surface area contributed by atoms with Crippen molar-refractivity contribution < 1.29 is 4.39 Å². The first-order valence-electron chi connectivity index (χ1n) is 3.88. The standard InChI is InChI=1S/C9H13FN2.2ClH/c1-9(2,6-11)8-4-3-7(10)5-12-8;;/h3-5H,6,11H2,1-2H3;2*1H. The van der Waals surface area contributed by atoms with E-state index in [4.69, 9.17) is 5.73 Å². The summed E-state index contributed by atoms with van der Waals surface area (Å²) in [5, 5.41) is 0. The van der Waals surface area contributed by atoms with Gasteiger partial charge in [-0.3, -0.25) is 4.98 Å². The van der Waals surface area contributed by atoms with Gasteiger partial charge < -0.3 is 5.73 Å². The van der Waals surface area contributed by atoms with Gasteiger partial charge in [0, 0.05) is 17.7 Å². The molecule has 1 aromatic rings. The summed E-state index contributed by atoms with van der Waals surface area (Å²) in [5.41, 5.74) is 6.20. The molecule has 0 radical (unpaired) electrons. The maximum atomic E-state index is 12.5. The molecule has 0 aliphatic carbocycles. The van der Waals surface area contributed by atoms with Gasteiger partial charge in [-0.05, 0) is 12.1 Å². The van der Waals surface area contributed by atoms with Crippen molar-refractivity contribution in [1.82, 2.24) is 4.98 Å². The molecule has 0 saturated heterocycles. The maximum absolute atomic E-state index is 12.5. The van der Waals surface area contributed by atoms with Gasteiger partial charge in [-0.15, -0.1) is 24.8 Å². The second-order valence-corrected chi connectivity index (χ2v) is 3.45. The van der Waals surface area contributed by atoms with E-state index in [1.54, 1.807) is 6.07 Å². The topological polar surface area (TPSA) is 38.9 Å². The molecule has 0 aromatic carbocycles. The fourth-order valence-corrected chi connectivity index (χ4v) is 0.881. The number of rotatable bonds is 2. The van der Waals surface area contributed by atoms with Gasteiger partial charge in [0.1, 0.15) is 5.82 Å². The Morgan fingerprint density at radius 2 is 1.93 bits per heavy atom. The average molecular weight is 241 g/mol. The van der Waals surface area contributed by atoms with Crippen molar-refractivity contribution in [2.75, 3.05) is 6.54 Å². The van der Waals surface area contributed by atoms with Gasteiger partial charge in [0.25, 0.3) is 0 Å². The number of hydrogen-bond acceptors (Lipinski definition) is 2. The van der Waals surface area contributed by atoms with Crippen LogP contribution in [0.2, 0.25) is 0 Å². The lowest BCUT2D eigenvalue weighted by molar-refractivity contribution is 0.516. The van der Waals surface area contributed by atoms with Crippen molar-refractivity contribution in [1.29, 1.82) is 0 Å². The fraction of sp³-hybridized carbons (Fsp3) is 0.444.